The average molecular weight is 261 g/mol. The van der Waals surface area contributed by atoms with Crippen molar-refractivity contribution < 1.29 is 4.74 Å². The van der Waals surface area contributed by atoms with E-state index in [1.807, 2.05) is 0 Å². The molecule has 0 radical (unpaired) electrons. The summed E-state index contributed by atoms with van der Waals surface area (Å²) in [5.74, 6) is 1.10. The Hall–Kier alpha value is -1.13. The highest BCUT2D eigenvalue weighted by Crippen LogP contribution is 2.27. The van der Waals surface area contributed by atoms with Gasteiger partial charge in [0.2, 0.25) is 0 Å². The maximum atomic E-state index is 5.39. The molecule has 4 heteroatoms. The van der Waals surface area contributed by atoms with Crippen LogP contribution in [0.5, 0.6) is 0 Å². The second kappa shape index (κ2) is 5.88. The van der Waals surface area contributed by atoms with Gasteiger partial charge in [0.05, 0.1) is 13.2 Å². The molecule has 3 rings (SSSR count). The molecule has 2 fully saturated rings. The van der Waals surface area contributed by atoms with Gasteiger partial charge < -0.3 is 15.0 Å². The Balaban J connectivity index is 1.76. The Morgan fingerprint density at radius 1 is 1.32 bits per heavy atom. The van der Waals surface area contributed by atoms with Gasteiger partial charge in [-0.3, -0.25) is 0 Å². The number of hydrogen-bond donors (Lipinski definition) is 1. The monoisotopic (exact) mass is 261 g/mol. The molecule has 2 saturated heterocycles. The molecule has 1 aromatic heterocycles. The normalized spacial score (nSPS) is 24.5. The first-order chi connectivity index (χ1) is 9.34. The van der Waals surface area contributed by atoms with Crippen molar-refractivity contribution in [2.75, 3.05) is 37.7 Å². The van der Waals surface area contributed by atoms with E-state index >= 15 is 0 Å². The van der Waals surface area contributed by atoms with Crippen molar-refractivity contribution in [2.24, 2.45) is 0 Å². The summed E-state index contributed by atoms with van der Waals surface area (Å²) in [6.45, 7) is 6.87. The van der Waals surface area contributed by atoms with E-state index in [1.165, 1.54) is 30.4 Å². The number of rotatable bonds is 2. The van der Waals surface area contributed by atoms with Crippen LogP contribution >= 0.6 is 0 Å². The van der Waals surface area contributed by atoms with Crippen molar-refractivity contribution in [3.63, 3.8) is 0 Å². The van der Waals surface area contributed by atoms with Gasteiger partial charge in [0.15, 0.2) is 0 Å². The number of aromatic nitrogens is 1. The molecule has 2 aliphatic heterocycles. The minimum atomic E-state index is 0.500. The van der Waals surface area contributed by atoms with Gasteiger partial charge in [-0.05, 0) is 43.5 Å². The second-order valence-corrected chi connectivity index (χ2v) is 5.50. The molecular formula is C15H23N3O. The topological polar surface area (TPSA) is 37.4 Å². The molecule has 0 aliphatic carbocycles. The number of ether oxygens (including phenoxy) is 1. The van der Waals surface area contributed by atoms with Gasteiger partial charge in [-0.15, -0.1) is 0 Å². The van der Waals surface area contributed by atoms with Crippen LogP contribution in [0.25, 0.3) is 0 Å². The Kier molecular flexibility index (Phi) is 3.99. The van der Waals surface area contributed by atoms with Gasteiger partial charge in [0, 0.05) is 25.3 Å². The Labute approximate surface area is 115 Å². The predicted octanol–water partition coefficient (Wildman–Crippen LogP) is 2.04. The lowest BCUT2D eigenvalue weighted by Gasteiger charge is -2.29. The van der Waals surface area contributed by atoms with Crippen molar-refractivity contribution in [2.45, 2.75) is 32.2 Å². The van der Waals surface area contributed by atoms with E-state index in [0.29, 0.717) is 6.04 Å². The van der Waals surface area contributed by atoms with Gasteiger partial charge in [0.1, 0.15) is 5.82 Å². The van der Waals surface area contributed by atoms with Crippen LogP contribution in [0.15, 0.2) is 12.3 Å². The predicted molar refractivity (Wildman–Crippen MR) is 76.6 cm³/mol. The van der Waals surface area contributed by atoms with E-state index < -0.39 is 0 Å². The van der Waals surface area contributed by atoms with Crippen LogP contribution in [0.2, 0.25) is 0 Å². The fourth-order valence-corrected chi connectivity index (χ4v) is 3.00. The molecule has 3 heterocycles. The standard InChI is InChI=1S/C15H23N3O/c1-12-10-15(18-6-8-19-9-7-18)17-11-13(12)14-4-2-3-5-16-14/h10-11,14,16H,2-9H2,1H3/t14-/m1/s1. The summed E-state index contributed by atoms with van der Waals surface area (Å²) in [4.78, 5) is 6.98. The van der Waals surface area contributed by atoms with E-state index in [2.05, 4.69) is 34.4 Å². The molecule has 19 heavy (non-hydrogen) atoms. The van der Waals surface area contributed by atoms with Gasteiger partial charge in [-0.1, -0.05) is 6.42 Å². The van der Waals surface area contributed by atoms with Crippen LogP contribution in [-0.4, -0.2) is 37.8 Å². The molecule has 0 amide bonds. The Morgan fingerprint density at radius 2 is 2.16 bits per heavy atom. The second-order valence-electron chi connectivity index (χ2n) is 5.50. The zero-order valence-electron chi connectivity index (χ0n) is 11.7. The van der Waals surface area contributed by atoms with Gasteiger partial charge in [-0.25, -0.2) is 4.98 Å². The number of morpholine rings is 1. The summed E-state index contributed by atoms with van der Waals surface area (Å²) in [7, 11) is 0. The van der Waals surface area contributed by atoms with Gasteiger partial charge in [-0.2, -0.15) is 0 Å². The minimum absolute atomic E-state index is 0.500. The minimum Gasteiger partial charge on any atom is -0.378 e. The van der Waals surface area contributed by atoms with Crippen LogP contribution in [0, 0.1) is 6.92 Å². The number of piperidine rings is 1. The smallest absolute Gasteiger partial charge is 0.128 e. The van der Waals surface area contributed by atoms with Crippen molar-refractivity contribution in [3.05, 3.63) is 23.4 Å². The lowest BCUT2D eigenvalue weighted by molar-refractivity contribution is 0.122. The maximum Gasteiger partial charge on any atom is 0.128 e. The molecule has 0 aromatic carbocycles. The molecule has 2 aliphatic rings. The third kappa shape index (κ3) is 2.90. The van der Waals surface area contributed by atoms with Crippen molar-refractivity contribution in [1.29, 1.82) is 0 Å². The molecule has 0 bridgehead atoms. The summed E-state index contributed by atoms with van der Waals surface area (Å²) in [6.07, 6.45) is 5.93. The molecule has 0 saturated carbocycles. The molecule has 1 N–H and O–H groups in total. The summed E-state index contributed by atoms with van der Waals surface area (Å²) in [5, 5.41) is 3.60. The van der Waals surface area contributed by atoms with Crippen molar-refractivity contribution in [1.82, 2.24) is 10.3 Å². The molecule has 4 nitrogen and oxygen atoms in total. The van der Waals surface area contributed by atoms with Gasteiger partial charge >= 0.3 is 0 Å². The number of nitrogens with one attached hydrogen (secondary N) is 1. The maximum absolute atomic E-state index is 5.39. The van der Waals surface area contributed by atoms with E-state index in [-0.39, 0.29) is 0 Å². The number of aryl methyl sites for hydroxylation is 1. The van der Waals surface area contributed by atoms with Crippen molar-refractivity contribution in [3.8, 4) is 0 Å². The van der Waals surface area contributed by atoms with Gasteiger partial charge in [0.25, 0.3) is 0 Å². The quantitative estimate of drug-likeness (QED) is 0.884. The van der Waals surface area contributed by atoms with Crippen molar-refractivity contribution >= 4 is 5.82 Å². The summed E-state index contributed by atoms with van der Waals surface area (Å²) < 4.78 is 5.39. The molecule has 1 atom stereocenters. The van der Waals surface area contributed by atoms with E-state index in [1.54, 1.807) is 0 Å². The molecular weight excluding hydrogens is 238 g/mol. The highest BCUT2D eigenvalue weighted by atomic mass is 16.5. The average Bonchev–Trinajstić information content (AvgIpc) is 2.49. The van der Waals surface area contributed by atoms with E-state index in [9.17, 15) is 0 Å². The number of hydrogen-bond acceptors (Lipinski definition) is 4. The first-order valence-corrected chi connectivity index (χ1v) is 7.37. The van der Waals surface area contributed by atoms with Crippen LogP contribution in [0.3, 0.4) is 0 Å². The van der Waals surface area contributed by atoms with Crippen LogP contribution in [0.1, 0.15) is 36.4 Å². The molecule has 104 valence electrons. The number of nitrogens with zero attached hydrogens (tertiary/aromatic N) is 2. The van der Waals surface area contributed by atoms with Crippen LogP contribution in [-0.2, 0) is 4.74 Å². The zero-order valence-corrected chi connectivity index (χ0v) is 11.7. The van der Waals surface area contributed by atoms with Crippen LogP contribution < -0.4 is 10.2 Å². The Bertz CT molecular complexity index is 423. The van der Waals surface area contributed by atoms with Crippen LogP contribution in [0.4, 0.5) is 5.82 Å². The first-order valence-electron chi connectivity index (χ1n) is 7.37. The number of pyridine rings is 1. The summed E-state index contributed by atoms with van der Waals surface area (Å²) >= 11 is 0. The first kappa shape index (κ1) is 12.9. The Morgan fingerprint density at radius 3 is 2.84 bits per heavy atom. The summed E-state index contributed by atoms with van der Waals surface area (Å²) in [5.41, 5.74) is 2.73. The fourth-order valence-electron chi connectivity index (χ4n) is 3.00. The molecule has 1 aromatic rings. The third-order valence-electron chi connectivity index (χ3n) is 4.16. The molecule has 0 spiro atoms. The highest BCUT2D eigenvalue weighted by molar-refractivity contribution is 5.44. The largest absolute Gasteiger partial charge is 0.378 e. The third-order valence-corrected chi connectivity index (χ3v) is 4.16. The lowest BCUT2D eigenvalue weighted by atomic mass is 9.96. The van der Waals surface area contributed by atoms with E-state index in [0.717, 1.165) is 38.7 Å². The van der Waals surface area contributed by atoms with E-state index in [4.69, 9.17) is 4.74 Å². The fraction of sp³-hybridized carbons (Fsp3) is 0.667. The number of anilines is 1. The molecule has 0 unspecified atom stereocenters. The lowest BCUT2D eigenvalue weighted by Crippen LogP contribution is -2.37. The zero-order chi connectivity index (χ0) is 13.1. The SMILES string of the molecule is Cc1cc(N2CCOCC2)ncc1[C@H]1CCCCN1. The highest BCUT2D eigenvalue weighted by Gasteiger charge is 2.19. The summed E-state index contributed by atoms with van der Waals surface area (Å²) in [6, 6.07) is 2.73.